The standard InChI is InChI=1S/C18H20N2O4S/c1-11-15(12-4-5-13-14(10-12)23-9-8-22-13)19-17(25-11)20-16(21)18(2)6-3-7-24-18/h4-5,10H,3,6-9H2,1-2H3,(H,19,20,21). The van der Waals surface area contributed by atoms with Crippen molar-refractivity contribution in [2.45, 2.75) is 32.3 Å². The Hall–Kier alpha value is -2.12. The van der Waals surface area contributed by atoms with Crippen molar-refractivity contribution < 1.29 is 19.0 Å². The van der Waals surface area contributed by atoms with E-state index in [1.165, 1.54) is 11.3 Å². The molecule has 1 N–H and O–H groups in total. The number of amides is 1. The van der Waals surface area contributed by atoms with Crippen LogP contribution in [0.4, 0.5) is 5.13 Å². The number of anilines is 1. The number of rotatable bonds is 3. The van der Waals surface area contributed by atoms with Crippen LogP contribution in [0, 0.1) is 6.92 Å². The number of aromatic nitrogens is 1. The summed E-state index contributed by atoms with van der Waals surface area (Å²) < 4.78 is 16.8. The highest BCUT2D eigenvalue weighted by molar-refractivity contribution is 7.16. The molecule has 6 nitrogen and oxygen atoms in total. The van der Waals surface area contributed by atoms with Gasteiger partial charge >= 0.3 is 0 Å². The molecule has 0 spiro atoms. The average molecular weight is 360 g/mol. The van der Waals surface area contributed by atoms with Crippen LogP contribution in [0.1, 0.15) is 24.6 Å². The van der Waals surface area contributed by atoms with Crippen molar-refractivity contribution in [3.63, 3.8) is 0 Å². The van der Waals surface area contributed by atoms with Crippen molar-refractivity contribution >= 4 is 22.4 Å². The zero-order valence-corrected chi connectivity index (χ0v) is 15.1. The van der Waals surface area contributed by atoms with Crippen LogP contribution in [0.15, 0.2) is 18.2 Å². The molecular weight excluding hydrogens is 340 g/mol. The summed E-state index contributed by atoms with van der Waals surface area (Å²) >= 11 is 1.46. The van der Waals surface area contributed by atoms with E-state index < -0.39 is 5.60 Å². The van der Waals surface area contributed by atoms with Gasteiger partial charge in [0.25, 0.3) is 5.91 Å². The van der Waals surface area contributed by atoms with E-state index in [1.54, 1.807) is 0 Å². The molecule has 2 aliphatic rings. The molecule has 3 heterocycles. The summed E-state index contributed by atoms with van der Waals surface area (Å²) in [6.45, 7) is 5.57. The van der Waals surface area contributed by atoms with Crippen LogP contribution in [0.25, 0.3) is 11.3 Å². The maximum Gasteiger partial charge on any atom is 0.258 e. The maximum absolute atomic E-state index is 12.5. The topological polar surface area (TPSA) is 69.7 Å². The van der Waals surface area contributed by atoms with Gasteiger partial charge in [0.05, 0.1) is 5.69 Å². The number of fused-ring (bicyclic) bond motifs is 1. The first-order chi connectivity index (χ1) is 12.0. The Morgan fingerprint density at radius 1 is 1.24 bits per heavy atom. The van der Waals surface area contributed by atoms with E-state index in [4.69, 9.17) is 14.2 Å². The number of carbonyl (C=O) groups excluding carboxylic acids is 1. The quantitative estimate of drug-likeness (QED) is 0.908. The van der Waals surface area contributed by atoms with Gasteiger partial charge in [0.2, 0.25) is 0 Å². The van der Waals surface area contributed by atoms with Gasteiger partial charge in [-0.05, 0) is 44.9 Å². The molecule has 1 atom stereocenters. The van der Waals surface area contributed by atoms with E-state index >= 15 is 0 Å². The minimum absolute atomic E-state index is 0.132. The average Bonchev–Trinajstić information content (AvgIpc) is 3.21. The first kappa shape index (κ1) is 16.4. The number of nitrogens with one attached hydrogen (secondary N) is 1. The number of benzene rings is 1. The lowest BCUT2D eigenvalue weighted by Crippen LogP contribution is -2.39. The Bertz CT molecular complexity index is 811. The molecule has 1 aromatic heterocycles. The molecule has 4 rings (SSSR count). The predicted molar refractivity (Wildman–Crippen MR) is 95.5 cm³/mol. The van der Waals surface area contributed by atoms with Crippen molar-refractivity contribution in [3.8, 4) is 22.8 Å². The predicted octanol–water partition coefficient (Wildman–Crippen LogP) is 3.40. The van der Waals surface area contributed by atoms with E-state index in [9.17, 15) is 4.79 Å². The van der Waals surface area contributed by atoms with Crippen LogP contribution in [0.3, 0.4) is 0 Å². The number of thiazole rings is 1. The van der Waals surface area contributed by atoms with E-state index in [2.05, 4.69) is 10.3 Å². The summed E-state index contributed by atoms with van der Waals surface area (Å²) in [5, 5.41) is 3.49. The van der Waals surface area contributed by atoms with Crippen molar-refractivity contribution in [1.29, 1.82) is 0 Å². The summed E-state index contributed by atoms with van der Waals surface area (Å²) in [7, 11) is 0. The SMILES string of the molecule is Cc1sc(NC(=O)C2(C)CCCO2)nc1-c1ccc2c(c1)OCCO2. The van der Waals surface area contributed by atoms with Crippen LogP contribution in [-0.2, 0) is 9.53 Å². The summed E-state index contributed by atoms with van der Waals surface area (Å²) in [6, 6.07) is 5.79. The monoisotopic (exact) mass is 360 g/mol. The lowest BCUT2D eigenvalue weighted by molar-refractivity contribution is -0.133. The molecule has 2 aliphatic heterocycles. The van der Waals surface area contributed by atoms with Gasteiger partial charge < -0.3 is 14.2 Å². The lowest BCUT2D eigenvalue weighted by Gasteiger charge is -2.20. The second-order valence-corrected chi connectivity index (χ2v) is 7.62. The van der Waals surface area contributed by atoms with Crippen LogP contribution in [0.5, 0.6) is 11.5 Å². The minimum Gasteiger partial charge on any atom is -0.486 e. The van der Waals surface area contributed by atoms with E-state index in [0.29, 0.717) is 25.0 Å². The van der Waals surface area contributed by atoms with E-state index in [1.807, 2.05) is 32.0 Å². The first-order valence-corrected chi connectivity index (χ1v) is 9.20. The number of ether oxygens (including phenoxy) is 3. The van der Waals surface area contributed by atoms with Gasteiger partial charge in [-0.15, -0.1) is 11.3 Å². The Morgan fingerprint density at radius 2 is 2.04 bits per heavy atom. The summed E-state index contributed by atoms with van der Waals surface area (Å²) in [5.74, 6) is 1.35. The third-order valence-electron chi connectivity index (χ3n) is 4.53. The van der Waals surface area contributed by atoms with Gasteiger partial charge in [-0.1, -0.05) is 0 Å². The third-order valence-corrected chi connectivity index (χ3v) is 5.42. The molecule has 0 bridgehead atoms. The Labute approximate surface area is 150 Å². The second-order valence-electron chi connectivity index (χ2n) is 6.42. The van der Waals surface area contributed by atoms with Gasteiger partial charge in [-0.25, -0.2) is 4.98 Å². The molecule has 1 saturated heterocycles. The highest BCUT2D eigenvalue weighted by atomic mass is 32.1. The molecule has 0 saturated carbocycles. The zero-order valence-electron chi connectivity index (χ0n) is 14.3. The molecule has 2 aromatic rings. The van der Waals surface area contributed by atoms with Crippen LogP contribution < -0.4 is 14.8 Å². The normalized spacial score (nSPS) is 22.0. The highest BCUT2D eigenvalue weighted by Gasteiger charge is 2.38. The van der Waals surface area contributed by atoms with Crippen molar-refractivity contribution in [2.24, 2.45) is 0 Å². The molecule has 0 radical (unpaired) electrons. The lowest BCUT2D eigenvalue weighted by atomic mass is 10.0. The zero-order chi connectivity index (χ0) is 17.4. The largest absolute Gasteiger partial charge is 0.486 e. The summed E-state index contributed by atoms with van der Waals surface area (Å²) in [6.07, 6.45) is 1.64. The minimum atomic E-state index is -0.753. The van der Waals surface area contributed by atoms with Crippen molar-refractivity contribution in [3.05, 3.63) is 23.1 Å². The maximum atomic E-state index is 12.5. The van der Waals surface area contributed by atoms with E-state index in [0.717, 1.165) is 40.5 Å². The number of aryl methyl sites for hydroxylation is 1. The van der Waals surface area contributed by atoms with Crippen molar-refractivity contribution in [2.75, 3.05) is 25.1 Å². The molecule has 132 valence electrons. The molecule has 1 aromatic carbocycles. The molecule has 7 heteroatoms. The molecule has 0 aliphatic carbocycles. The molecular formula is C18H20N2O4S. The molecule has 1 amide bonds. The van der Waals surface area contributed by atoms with Crippen molar-refractivity contribution in [1.82, 2.24) is 4.98 Å². The van der Waals surface area contributed by atoms with Gasteiger partial charge in [0.1, 0.15) is 18.8 Å². The fourth-order valence-corrected chi connectivity index (χ4v) is 3.93. The Balaban J connectivity index is 1.57. The number of hydrogen-bond donors (Lipinski definition) is 1. The Morgan fingerprint density at radius 3 is 2.80 bits per heavy atom. The summed E-state index contributed by atoms with van der Waals surface area (Å²) in [5.41, 5.74) is 1.04. The van der Waals surface area contributed by atoms with Gasteiger partial charge in [-0.2, -0.15) is 0 Å². The first-order valence-electron chi connectivity index (χ1n) is 8.38. The van der Waals surface area contributed by atoms with Gasteiger partial charge in [0, 0.05) is 17.0 Å². The summed E-state index contributed by atoms with van der Waals surface area (Å²) in [4.78, 5) is 18.1. The van der Waals surface area contributed by atoms with Crippen LogP contribution in [-0.4, -0.2) is 36.3 Å². The number of carbonyl (C=O) groups is 1. The second kappa shape index (κ2) is 6.31. The molecule has 1 unspecified atom stereocenters. The van der Waals surface area contributed by atoms with Gasteiger partial charge in [0.15, 0.2) is 16.6 Å². The van der Waals surface area contributed by atoms with Gasteiger partial charge in [-0.3, -0.25) is 10.1 Å². The van der Waals surface area contributed by atoms with Crippen LogP contribution >= 0.6 is 11.3 Å². The molecule has 1 fully saturated rings. The molecule has 25 heavy (non-hydrogen) atoms. The van der Waals surface area contributed by atoms with Crippen LogP contribution in [0.2, 0.25) is 0 Å². The Kier molecular flexibility index (Phi) is 4.13. The highest BCUT2D eigenvalue weighted by Crippen LogP contribution is 2.37. The third kappa shape index (κ3) is 3.09. The number of nitrogens with zero attached hydrogens (tertiary/aromatic N) is 1. The fraction of sp³-hybridized carbons (Fsp3) is 0.444. The number of hydrogen-bond acceptors (Lipinski definition) is 6. The smallest absolute Gasteiger partial charge is 0.258 e. The van der Waals surface area contributed by atoms with E-state index in [-0.39, 0.29) is 5.91 Å². The fourth-order valence-electron chi connectivity index (χ4n) is 3.10.